The summed E-state index contributed by atoms with van der Waals surface area (Å²) in [5, 5.41) is 16.1. The number of carbonyl (C=O) groups is 2. The molecule has 2 aromatic heterocycles. The van der Waals surface area contributed by atoms with Crippen LogP contribution in [0.4, 0.5) is 5.69 Å². The number of fused-ring (bicyclic) bond motifs is 1. The van der Waals surface area contributed by atoms with Gasteiger partial charge in [-0.15, -0.1) is 0 Å². The lowest BCUT2D eigenvalue weighted by molar-refractivity contribution is -0.121. The summed E-state index contributed by atoms with van der Waals surface area (Å²) < 4.78 is 7.04. The highest BCUT2D eigenvalue weighted by Gasteiger charge is 2.14. The second-order valence-electron chi connectivity index (χ2n) is 8.01. The molecule has 4 aromatic rings. The third kappa shape index (κ3) is 5.08. The summed E-state index contributed by atoms with van der Waals surface area (Å²) in [6.45, 7) is 4.35. The van der Waals surface area contributed by atoms with Crippen LogP contribution >= 0.6 is 0 Å². The van der Waals surface area contributed by atoms with Gasteiger partial charge in [-0.3, -0.25) is 9.59 Å². The fourth-order valence-corrected chi connectivity index (χ4v) is 3.65. The maximum Gasteiger partial charge on any atom is 0.266 e. The number of aryl methyl sites for hydroxylation is 2. The first kappa shape index (κ1) is 22.6. The Morgan fingerprint density at radius 3 is 2.65 bits per heavy atom. The maximum absolute atomic E-state index is 12.8. The predicted molar refractivity (Wildman–Crippen MR) is 131 cm³/mol. The van der Waals surface area contributed by atoms with Crippen LogP contribution in [-0.4, -0.2) is 16.4 Å². The van der Waals surface area contributed by atoms with E-state index in [2.05, 4.69) is 10.6 Å². The molecule has 7 nitrogen and oxygen atoms in total. The molecule has 0 spiro atoms. The number of nitriles is 1. The van der Waals surface area contributed by atoms with E-state index in [1.165, 1.54) is 0 Å². The Hall–Kier alpha value is -4.57. The summed E-state index contributed by atoms with van der Waals surface area (Å²) in [5.74, 6) is 0.00206. The summed E-state index contributed by atoms with van der Waals surface area (Å²) in [5.41, 5.74) is 4.28. The molecule has 2 N–H and O–H groups in total. The summed E-state index contributed by atoms with van der Waals surface area (Å²) in [7, 11) is 0. The van der Waals surface area contributed by atoms with Gasteiger partial charge in [-0.1, -0.05) is 24.3 Å². The summed E-state index contributed by atoms with van der Waals surface area (Å²) in [6.07, 6.45) is 4.89. The molecule has 34 heavy (non-hydrogen) atoms. The molecule has 0 radical (unpaired) electrons. The van der Waals surface area contributed by atoms with Crippen LogP contribution in [0.25, 0.3) is 17.0 Å². The van der Waals surface area contributed by atoms with Crippen LogP contribution in [-0.2, 0) is 22.7 Å². The SMILES string of the molecule is Cc1ccc(NC(=O)/C(C#N)=C/c2cn(CC(=O)NCc3ccco3)c3ccccc23)cc1C. The highest BCUT2D eigenvalue weighted by atomic mass is 16.3. The van der Waals surface area contributed by atoms with Gasteiger partial charge in [0, 0.05) is 28.4 Å². The lowest BCUT2D eigenvalue weighted by Gasteiger charge is -2.07. The van der Waals surface area contributed by atoms with Gasteiger partial charge < -0.3 is 19.6 Å². The van der Waals surface area contributed by atoms with E-state index in [4.69, 9.17) is 4.42 Å². The molecule has 0 bridgehead atoms. The van der Waals surface area contributed by atoms with Crippen molar-refractivity contribution < 1.29 is 14.0 Å². The quantitative estimate of drug-likeness (QED) is 0.313. The van der Waals surface area contributed by atoms with Crippen molar-refractivity contribution in [3.8, 4) is 6.07 Å². The van der Waals surface area contributed by atoms with E-state index in [1.807, 2.05) is 62.4 Å². The van der Waals surface area contributed by atoms with Crippen LogP contribution in [0.1, 0.15) is 22.5 Å². The zero-order valence-corrected chi connectivity index (χ0v) is 19.0. The number of hydrogen-bond donors (Lipinski definition) is 2. The average Bonchev–Trinajstić information content (AvgIpc) is 3.47. The number of rotatable bonds is 7. The summed E-state index contributed by atoms with van der Waals surface area (Å²) >= 11 is 0. The van der Waals surface area contributed by atoms with Gasteiger partial charge in [0.2, 0.25) is 5.91 Å². The Balaban J connectivity index is 1.56. The summed E-state index contributed by atoms with van der Waals surface area (Å²) in [4.78, 5) is 25.3. The summed E-state index contributed by atoms with van der Waals surface area (Å²) in [6, 6.07) is 18.7. The highest BCUT2D eigenvalue weighted by Crippen LogP contribution is 2.24. The lowest BCUT2D eigenvalue weighted by Crippen LogP contribution is -2.26. The largest absolute Gasteiger partial charge is 0.467 e. The Morgan fingerprint density at radius 2 is 1.91 bits per heavy atom. The van der Waals surface area contributed by atoms with Crippen molar-refractivity contribution >= 4 is 34.5 Å². The Morgan fingerprint density at radius 1 is 1.09 bits per heavy atom. The van der Waals surface area contributed by atoms with E-state index < -0.39 is 5.91 Å². The van der Waals surface area contributed by atoms with Gasteiger partial charge in [-0.2, -0.15) is 5.26 Å². The van der Waals surface area contributed by atoms with Gasteiger partial charge in [0.1, 0.15) is 23.9 Å². The second kappa shape index (κ2) is 9.92. The van der Waals surface area contributed by atoms with E-state index >= 15 is 0 Å². The Kier molecular flexibility index (Phi) is 6.60. The number of furan rings is 1. The number of anilines is 1. The van der Waals surface area contributed by atoms with Crippen LogP contribution in [0.5, 0.6) is 0 Å². The first-order chi connectivity index (χ1) is 16.4. The molecular formula is C27H24N4O3. The molecule has 4 rings (SSSR count). The Labute approximate surface area is 197 Å². The normalized spacial score (nSPS) is 11.3. The van der Waals surface area contributed by atoms with Gasteiger partial charge in [0.15, 0.2) is 0 Å². The molecule has 7 heteroatoms. The number of para-hydroxylation sites is 1. The average molecular weight is 453 g/mol. The number of nitrogens with one attached hydrogen (secondary N) is 2. The standard InChI is InChI=1S/C27H24N4O3/c1-18-9-10-22(12-19(18)2)30-27(33)20(14-28)13-21-16-31(25-8-4-3-7-24(21)25)17-26(32)29-15-23-6-5-11-34-23/h3-13,16H,15,17H2,1-2H3,(H,29,32)(H,30,33)/b20-13+. The van der Waals surface area contributed by atoms with Crippen molar-refractivity contribution in [3.05, 3.63) is 95.1 Å². The van der Waals surface area contributed by atoms with Crippen LogP contribution in [0.3, 0.4) is 0 Å². The third-order valence-electron chi connectivity index (χ3n) is 5.60. The molecule has 2 heterocycles. The van der Waals surface area contributed by atoms with E-state index in [9.17, 15) is 14.9 Å². The van der Waals surface area contributed by atoms with Crippen molar-refractivity contribution in [1.29, 1.82) is 5.26 Å². The minimum atomic E-state index is -0.487. The smallest absolute Gasteiger partial charge is 0.266 e. The molecule has 0 aliphatic heterocycles. The molecule has 0 saturated heterocycles. The minimum Gasteiger partial charge on any atom is -0.467 e. The maximum atomic E-state index is 12.8. The van der Waals surface area contributed by atoms with Crippen molar-refractivity contribution in [3.63, 3.8) is 0 Å². The number of carbonyl (C=O) groups excluding carboxylic acids is 2. The monoisotopic (exact) mass is 452 g/mol. The molecule has 0 aliphatic carbocycles. The second-order valence-corrected chi connectivity index (χ2v) is 8.01. The van der Waals surface area contributed by atoms with E-state index in [1.54, 1.807) is 35.2 Å². The molecular weight excluding hydrogens is 428 g/mol. The number of aromatic nitrogens is 1. The van der Waals surface area contributed by atoms with Crippen LogP contribution < -0.4 is 10.6 Å². The van der Waals surface area contributed by atoms with Gasteiger partial charge in [0.25, 0.3) is 5.91 Å². The highest BCUT2D eigenvalue weighted by molar-refractivity contribution is 6.10. The first-order valence-corrected chi connectivity index (χ1v) is 10.8. The van der Waals surface area contributed by atoms with Gasteiger partial charge >= 0.3 is 0 Å². The topological polar surface area (TPSA) is 100 Å². The zero-order chi connectivity index (χ0) is 24.1. The number of nitrogens with zero attached hydrogens (tertiary/aromatic N) is 2. The van der Waals surface area contributed by atoms with Gasteiger partial charge in [-0.25, -0.2) is 0 Å². The van der Waals surface area contributed by atoms with Gasteiger partial charge in [-0.05, 0) is 61.4 Å². The number of hydrogen-bond acceptors (Lipinski definition) is 4. The van der Waals surface area contributed by atoms with Crippen LogP contribution in [0.15, 0.2) is 77.0 Å². The molecule has 2 amide bonds. The number of amides is 2. The van der Waals surface area contributed by atoms with E-state index in [0.29, 0.717) is 23.6 Å². The molecule has 0 fully saturated rings. The van der Waals surface area contributed by atoms with E-state index in [-0.39, 0.29) is 18.0 Å². The zero-order valence-electron chi connectivity index (χ0n) is 19.0. The van der Waals surface area contributed by atoms with Crippen molar-refractivity contribution in [1.82, 2.24) is 9.88 Å². The molecule has 2 aromatic carbocycles. The van der Waals surface area contributed by atoms with Crippen molar-refractivity contribution in [2.24, 2.45) is 0 Å². The molecule has 0 atom stereocenters. The minimum absolute atomic E-state index is 0.0246. The lowest BCUT2D eigenvalue weighted by atomic mass is 10.1. The van der Waals surface area contributed by atoms with E-state index in [0.717, 1.165) is 22.0 Å². The van der Waals surface area contributed by atoms with Gasteiger partial charge in [0.05, 0.1) is 12.8 Å². The molecule has 170 valence electrons. The molecule has 0 aliphatic rings. The first-order valence-electron chi connectivity index (χ1n) is 10.8. The predicted octanol–water partition coefficient (Wildman–Crippen LogP) is 4.71. The van der Waals surface area contributed by atoms with Crippen LogP contribution in [0.2, 0.25) is 0 Å². The van der Waals surface area contributed by atoms with Crippen molar-refractivity contribution in [2.75, 3.05) is 5.32 Å². The molecule has 0 saturated carbocycles. The fraction of sp³-hybridized carbons (Fsp3) is 0.148. The third-order valence-corrected chi connectivity index (χ3v) is 5.60. The molecule has 0 unspecified atom stereocenters. The van der Waals surface area contributed by atoms with Crippen molar-refractivity contribution in [2.45, 2.75) is 26.9 Å². The number of benzene rings is 2. The fourth-order valence-electron chi connectivity index (χ4n) is 3.65. The van der Waals surface area contributed by atoms with Crippen LogP contribution in [0, 0.1) is 25.2 Å². The Bertz CT molecular complexity index is 1420.